The summed E-state index contributed by atoms with van der Waals surface area (Å²) in [5.74, 6) is -0.954. The summed E-state index contributed by atoms with van der Waals surface area (Å²) >= 11 is 0. The molecule has 7 nitrogen and oxygen atoms in total. The van der Waals surface area contributed by atoms with Crippen LogP contribution in [0.2, 0.25) is 0 Å². The molecule has 0 spiro atoms. The van der Waals surface area contributed by atoms with E-state index in [1.807, 2.05) is 0 Å². The topological polar surface area (TPSA) is 86.8 Å². The Morgan fingerprint density at radius 1 is 1.06 bits per heavy atom. The van der Waals surface area contributed by atoms with Crippen molar-refractivity contribution < 1.29 is 22.4 Å². The van der Waals surface area contributed by atoms with Gasteiger partial charge in [0.05, 0.1) is 11.9 Å². The van der Waals surface area contributed by atoms with Crippen molar-refractivity contribution in [2.24, 2.45) is 0 Å². The number of benzene rings is 2. The lowest BCUT2D eigenvalue weighted by atomic mass is 10.1. The van der Waals surface area contributed by atoms with Crippen molar-refractivity contribution in [2.75, 3.05) is 23.7 Å². The molecule has 0 aliphatic heterocycles. The zero-order valence-electron chi connectivity index (χ0n) is 18.6. The molecule has 2 aromatic carbocycles. The Labute approximate surface area is 189 Å². The molecule has 0 aromatic heterocycles. The van der Waals surface area contributed by atoms with Crippen LogP contribution in [0.3, 0.4) is 0 Å². The number of rotatable bonds is 11. The molecule has 174 valence electrons. The quantitative estimate of drug-likeness (QED) is 0.555. The van der Waals surface area contributed by atoms with Gasteiger partial charge in [-0.2, -0.15) is 0 Å². The van der Waals surface area contributed by atoms with Gasteiger partial charge in [0, 0.05) is 26.1 Å². The third-order valence-corrected chi connectivity index (χ3v) is 6.17. The number of nitrogens with one attached hydrogen (secondary N) is 1. The summed E-state index contributed by atoms with van der Waals surface area (Å²) in [4.78, 5) is 26.9. The molecule has 0 aliphatic carbocycles. The Bertz CT molecular complexity index is 998. The SMILES string of the molecule is CCNC(=O)[C@H](C)N(Cc1ccc(F)cc1)C(=O)CCCN(c1ccccc1)S(C)(=O)=O. The molecule has 32 heavy (non-hydrogen) atoms. The highest BCUT2D eigenvalue weighted by Gasteiger charge is 2.26. The third-order valence-electron chi connectivity index (χ3n) is 4.98. The molecular formula is C23H30FN3O4S. The van der Waals surface area contributed by atoms with E-state index in [1.54, 1.807) is 56.3 Å². The predicted molar refractivity (Wildman–Crippen MR) is 123 cm³/mol. The molecule has 0 fully saturated rings. The zero-order chi connectivity index (χ0) is 23.7. The van der Waals surface area contributed by atoms with E-state index in [1.165, 1.54) is 21.3 Å². The van der Waals surface area contributed by atoms with Crippen LogP contribution in [0.15, 0.2) is 54.6 Å². The number of likely N-dealkylation sites (N-methyl/N-ethyl adjacent to an activating group) is 1. The average Bonchev–Trinajstić information content (AvgIpc) is 2.75. The Kier molecular flexibility index (Phi) is 9.19. The zero-order valence-corrected chi connectivity index (χ0v) is 19.4. The van der Waals surface area contributed by atoms with Crippen molar-refractivity contribution in [3.8, 4) is 0 Å². The molecule has 2 amide bonds. The second kappa shape index (κ2) is 11.6. The maximum atomic E-state index is 13.2. The minimum atomic E-state index is -3.52. The van der Waals surface area contributed by atoms with Crippen LogP contribution in [0.4, 0.5) is 10.1 Å². The number of hydrogen-bond donors (Lipinski definition) is 1. The molecule has 0 bridgehead atoms. The maximum absolute atomic E-state index is 13.2. The number of carbonyl (C=O) groups is 2. The Hall–Kier alpha value is -2.94. The summed E-state index contributed by atoms with van der Waals surface area (Å²) in [5.41, 5.74) is 1.22. The molecular weight excluding hydrogens is 433 g/mol. The fourth-order valence-electron chi connectivity index (χ4n) is 3.29. The van der Waals surface area contributed by atoms with Gasteiger partial charge < -0.3 is 10.2 Å². The van der Waals surface area contributed by atoms with Crippen molar-refractivity contribution in [1.82, 2.24) is 10.2 Å². The van der Waals surface area contributed by atoms with Gasteiger partial charge in [-0.15, -0.1) is 0 Å². The first kappa shape index (κ1) is 25.3. The molecule has 0 heterocycles. The molecule has 0 radical (unpaired) electrons. The Morgan fingerprint density at radius 3 is 2.25 bits per heavy atom. The fourth-order valence-corrected chi connectivity index (χ4v) is 4.25. The summed E-state index contributed by atoms with van der Waals surface area (Å²) in [7, 11) is -3.52. The second-order valence-electron chi connectivity index (χ2n) is 7.49. The molecule has 1 N–H and O–H groups in total. The van der Waals surface area contributed by atoms with E-state index >= 15 is 0 Å². The van der Waals surface area contributed by atoms with Gasteiger partial charge in [-0.3, -0.25) is 13.9 Å². The highest BCUT2D eigenvalue weighted by atomic mass is 32.2. The Morgan fingerprint density at radius 2 is 1.69 bits per heavy atom. The number of hydrogen-bond acceptors (Lipinski definition) is 4. The number of carbonyl (C=O) groups excluding carboxylic acids is 2. The van der Waals surface area contributed by atoms with Gasteiger partial charge in [-0.25, -0.2) is 12.8 Å². The van der Waals surface area contributed by atoms with Crippen LogP contribution in [0, 0.1) is 5.82 Å². The van der Waals surface area contributed by atoms with E-state index in [2.05, 4.69) is 5.32 Å². The van der Waals surface area contributed by atoms with Gasteiger partial charge >= 0.3 is 0 Å². The van der Waals surface area contributed by atoms with E-state index in [4.69, 9.17) is 0 Å². The van der Waals surface area contributed by atoms with Crippen LogP contribution in [-0.2, 0) is 26.2 Å². The first-order chi connectivity index (χ1) is 15.1. The summed E-state index contributed by atoms with van der Waals surface area (Å²) in [6.45, 7) is 4.14. The van der Waals surface area contributed by atoms with Crippen LogP contribution in [0.1, 0.15) is 32.3 Å². The molecule has 2 rings (SSSR count). The predicted octanol–water partition coefficient (Wildman–Crippen LogP) is 2.93. The number of halogens is 1. The second-order valence-corrected chi connectivity index (χ2v) is 9.40. The molecule has 9 heteroatoms. The summed E-state index contributed by atoms with van der Waals surface area (Å²) in [6, 6.07) is 13.7. The highest BCUT2D eigenvalue weighted by molar-refractivity contribution is 7.92. The van der Waals surface area contributed by atoms with Gasteiger partial charge in [0.1, 0.15) is 11.9 Å². The van der Waals surface area contributed by atoms with Crippen LogP contribution >= 0.6 is 0 Å². The largest absolute Gasteiger partial charge is 0.355 e. The smallest absolute Gasteiger partial charge is 0.242 e. The van der Waals surface area contributed by atoms with E-state index < -0.39 is 16.1 Å². The van der Waals surface area contributed by atoms with Gasteiger partial charge in [0.2, 0.25) is 21.8 Å². The summed E-state index contributed by atoms with van der Waals surface area (Å²) < 4.78 is 39.0. The van der Waals surface area contributed by atoms with Gasteiger partial charge in [-0.05, 0) is 50.1 Å². The van der Waals surface area contributed by atoms with Crippen molar-refractivity contribution in [3.05, 3.63) is 66.0 Å². The van der Waals surface area contributed by atoms with E-state index in [9.17, 15) is 22.4 Å². The van der Waals surface area contributed by atoms with Crippen LogP contribution in [-0.4, -0.2) is 50.5 Å². The lowest BCUT2D eigenvalue weighted by Crippen LogP contribution is -2.47. The molecule has 0 aliphatic rings. The number of nitrogens with zero attached hydrogens (tertiary/aromatic N) is 2. The molecule has 1 atom stereocenters. The standard InChI is InChI=1S/C23H30FN3O4S/c1-4-25-23(29)18(2)26(17-19-12-14-20(24)15-13-19)22(28)11-8-16-27(32(3,30)31)21-9-6-5-7-10-21/h5-7,9-10,12-15,18H,4,8,11,16-17H2,1-3H3,(H,25,29)/t18-/m0/s1. The van der Waals surface area contributed by atoms with Crippen molar-refractivity contribution in [2.45, 2.75) is 39.3 Å². The first-order valence-electron chi connectivity index (χ1n) is 10.5. The van der Waals surface area contributed by atoms with E-state index in [-0.39, 0.29) is 43.6 Å². The van der Waals surface area contributed by atoms with Crippen molar-refractivity contribution in [1.29, 1.82) is 0 Å². The van der Waals surface area contributed by atoms with E-state index in [0.717, 1.165) is 6.26 Å². The third kappa shape index (κ3) is 7.33. The normalized spacial score (nSPS) is 12.1. The Balaban J connectivity index is 2.12. The lowest BCUT2D eigenvalue weighted by molar-refractivity contribution is -0.140. The lowest BCUT2D eigenvalue weighted by Gasteiger charge is -2.29. The average molecular weight is 464 g/mol. The minimum absolute atomic E-state index is 0.0593. The highest BCUT2D eigenvalue weighted by Crippen LogP contribution is 2.18. The fraction of sp³-hybridized carbons (Fsp3) is 0.391. The number of anilines is 1. The molecule has 0 saturated heterocycles. The van der Waals surface area contributed by atoms with Crippen molar-refractivity contribution in [3.63, 3.8) is 0 Å². The van der Waals surface area contributed by atoms with Crippen molar-refractivity contribution >= 4 is 27.5 Å². The van der Waals surface area contributed by atoms with Crippen LogP contribution in [0.25, 0.3) is 0 Å². The summed E-state index contributed by atoms with van der Waals surface area (Å²) in [6.07, 6.45) is 1.46. The first-order valence-corrected chi connectivity index (χ1v) is 12.3. The number of para-hydroxylation sites is 1. The van der Waals surface area contributed by atoms with Crippen LogP contribution < -0.4 is 9.62 Å². The summed E-state index contributed by atoms with van der Waals surface area (Å²) in [5, 5.41) is 2.71. The molecule has 2 aromatic rings. The maximum Gasteiger partial charge on any atom is 0.242 e. The monoisotopic (exact) mass is 463 g/mol. The molecule has 0 unspecified atom stereocenters. The van der Waals surface area contributed by atoms with Gasteiger partial charge in [0.25, 0.3) is 0 Å². The molecule has 0 saturated carbocycles. The minimum Gasteiger partial charge on any atom is -0.355 e. The number of sulfonamides is 1. The number of amides is 2. The van der Waals surface area contributed by atoms with Gasteiger partial charge in [0.15, 0.2) is 0 Å². The van der Waals surface area contributed by atoms with Gasteiger partial charge in [-0.1, -0.05) is 30.3 Å². The van der Waals surface area contributed by atoms with Crippen LogP contribution in [0.5, 0.6) is 0 Å². The van der Waals surface area contributed by atoms with E-state index in [0.29, 0.717) is 17.8 Å².